The van der Waals surface area contributed by atoms with E-state index >= 15 is 0 Å². The van der Waals surface area contributed by atoms with Gasteiger partial charge in [-0.3, -0.25) is 0 Å². The Morgan fingerprint density at radius 1 is 1.36 bits per heavy atom. The van der Waals surface area contributed by atoms with Crippen LogP contribution in [0.25, 0.3) is 0 Å². The maximum Gasteiger partial charge on any atom is 0.123 e. The molecule has 0 amide bonds. The lowest BCUT2D eigenvalue weighted by molar-refractivity contribution is 0.100. The lowest BCUT2D eigenvalue weighted by atomic mass is 10.4. The molecule has 0 radical (unpaired) electrons. The van der Waals surface area contributed by atoms with Gasteiger partial charge in [0.15, 0.2) is 0 Å². The summed E-state index contributed by atoms with van der Waals surface area (Å²) in [6, 6.07) is 6.53. The molecular formula is C10H12FNOS. The van der Waals surface area contributed by atoms with Crippen LogP contribution >= 0.6 is 11.8 Å². The second-order valence-corrected chi connectivity index (χ2v) is 4.37. The second kappa shape index (κ2) is 4.77. The molecular weight excluding hydrogens is 201 g/mol. The highest BCUT2D eigenvalue weighted by Gasteiger charge is 2.13. The summed E-state index contributed by atoms with van der Waals surface area (Å²) in [4.78, 5) is 1.06. The van der Waals surface area contributed by atoms with Gasteiger partial charge in [-0.25, -0.2) is 4.39 Å². The average Bonchev–Trinajstić information content (AvgIpc) is 2.23. The molecule has 76 valence electrons. The number of nitrogens with one attached hydrogen (secondary N) is 1. The molecule has 2 nitrogen and oxygen atoms in total. The summed E-state index contributed by atoms with van der Waals surface area (Å²) in [5, 5.41) is 3.61. The number of halogens is 1. The van der Waals surface area contributed by atoms with E-state index in [1.807, 2.05) is 0 Å². The van der Waals surface area contributed by atoms with E-state index in [0.717, 1.165) is 18.0 Å². The van der Waals surface area contributed by atoms with E-state index in [0.29, 0.717) is 6.61 Å². The fourth-order valence-electron chi connectivity index (χ4n) is 1.29. The van der Waals surface area contributed by atoms with Gasteiger partial charge in [-0.1, -0.05) is 0 Å². The monoisotopic (exact) mass is 213 g/mol. The van der Waals surface area contributed by atoms with Crippen LogP contribution in [0.1, 0.15) is 0 Å². The molecule has 4 heteroatoms. The van der Waals surface area contributed by atoms with Crippen LogP contribution in [0.5, 0.6) is 0 Å². The van der Waals surface area contributed by atoms with E-state index in [4.69, 9.17) is 4.74 Å². The van der Waals surface area contributed by atoms with E-state index in [9.17, 15) is 4.39 Å². The Morgan fingerprint density at radius 2 is 2.14 bits per heavy atom. The van der Waals surface area contributed by atoms with Crippen LogP contribution < -0.4 is 5.32 Å². The van der Waals surface area contributed by atoms with Gasteiger partial charge < -0.3 is 10.1 Å². The SMILES string of the molecule is Fc1ccc(SC2COCCN2)cc1. The first-order valence-corrected chi connectivity index (χ1v) is 5.46. The lowest BCUT2D eigenvalue weighted by Crippen LogP contribution is -2.38. The molecule has 1 aromatic rings. The highest BCUT2D eigenvalue weighted by atomic mass is 32.2. The molecule has 0 saturated carbocycles. The number of benzene rings is 1. The normalized spacial score (nSPS) is 22.2. The molecule has 1 N–H and O–H groups in total. The third-order valence-corrected chi connectivity index (χ3v) is 3.11. The molecule has 0 aliphatic carbocycles. The zero-order valence-corrected chi connectivity index (χ0v) is 8.52. The van der Waals surface area contributed by atoms with Gasteiger partial charge >= 0.3 is 0 Å². The van der Waals surface area contributed by atoms with Crippen LogP contribution in [0.4, 0.5) is 4.39 Å². The number of rotatable bonds is 2. The van der Waals surface area contributed by atoms with Crippen molar-refractivity contribution in [1.29, 1.82) is 0 Å². The van der Waals surface area contributed by atoms with Crippen molar-refractivity contribution in [3.8, 4) is 0 Å². The van der Waals surface area contributed by atoms with Crippen molar-refractivity contribution in [3.05, 3.63) is 30.1 Å². The highest BCUT2D eigenvalue weighted by Crippen LogP contribution is 2.23. The van der Waals surface area contributed by atoms with Crippen molar-refractivity contribution in [2.24, 2.45) is 0 Å². The smallest absolute Gasteiger partial charge is 0.123 e. The number of hydrogen-bond acceptors (Lipinski definition) is 3. The van der Waals surface area contributed by atoms with Crippen LogP contribution in [-0.4, -0.2) is 25.1 Å². The Labute approximate surface area is 86.8 Å². The van der Waals surface area contributed by atoms with Crippen LogP contribution in [-0.2, 0) is 4.74 Å². The first-order valence-electron chi connectivity index (χ1n) is 4.58. The van der Waals surface area contributed by atoms with Gasteiger partial charge in [-0.15, -0.1) is 11.8 Å². The topological polar surface area (TPSA) is 21.3 Å². The molecule has 1 unspecified atom stereocenters. The van der Waals surface area contributed by atoms with Crippen molar-refractivity contribution >= 4 is 11.8 Å². The van der Waals surface area contributed by atoms with Crippen molar-refractivity contribution in [3.63, 3.8) is 0 Å². The number of thioether (sulfide) groups is 1. The van der Waals surface area contributed by atoms with E-state index in [1.165, 1.54) is 12.1 Å². The third-order valence-electron chi connectivity index (χ3n) is 1.98. The van der Waals surface area contributed by atoms with E-state index < -0.39 is 0 Å². The molecule has 1 heterocycles. The molecule has 1 fully saturated rings. The maximum atomic E-state index is 12.6. The first kappa shape index (κ1) is 9.96. The minimum absolute atomic E-state index is 0.192. The molecule has 1 saturated heterocycles. The Bertz CT molecular complexity index is 285. The second-order valence-electron chi connectivity index (χ2n) is 3.09. The van der Waals surface area contributed by atoms with Crippen molar-refractivity contribution < 1.29 is 9.13 Å². The lowest BCUT2D eigenvalue weighted by Gasteiger charge is -2.23. The van der Waals surface area contributed by atoms with Crippen molar-refractivity contribution in [1.82, 2.24) is 5.32 Å². The molecule has 14 heavy (non-hydrogen) atoms. The quantitative estimate of drug-likeness (QED) is 0.810. The number of morpholine rings is 1. The van der Waals surface area contributed by atoms with E-state index in [1.54, 1.807) is 23.9 Å². The molecule has 0 bridgehead atoms. The first-order chi connectivity index (χ1) is 6.84. The zero-order valence-electron chi connectivity index (χ0n) is 7.70. The Kier molecular flexibility index (Phi) is 3.39. The van der Waals surface area contributed by atoms with Gasteiger partial charge in [-0.05, 0) is 24.3 Å². The highest BCUT2D eigenvalue weighted by molar-refractivity contribution is 8.00. The molecule has 0 aromatic heterocycles. The molecule has 1 aromatic carbocycles. The van der Waals surface area contributed by atoms with Crippen LogP contribution in [0.3, 0.4) is 0 Å². The Balaban J connectivity index is 1.92. The fraction of sp³-hybridized carbons (Fsp3) is 0.400. The summed E-state index contributed by atoms with van der Waals surface area (Å²) < 4.78 is 17.9. The van der Waals surface area contributed by atoms with Gasteiger partial charge in [-0.2, -0.15) is 0 Å². The summed E-state index contributed by atoms with van der Waals surface area (Å²) in [7, 11) is 0. The largest absolute Gasteiger partial charge is 0.378 e. The van der Waals surface area contributed by atoms with Crippen molar-refractivity contribution in [2.45, 2.75) is 10.3 Å². The summed E-state index contributed by atoms with van der Waals surface area (Å²) in [6.45, 7) is 2.38. The average molecular weight is 213 g/mol. The van der Waals surface area contributed by atoms with Crippen LogP contribution in [0, 0.1) is 5.82 Å². The van der Waals surface area contributed by atoms with Gasteiger partial charge in [0.05, 0.1) is 18.6 Å². The number of hydrogen-bond donors (Lipinski definition) is 1. The summed E-state index contributed by atoms with van der Waals surface area (Å²) in [6.07, 6.45) is 0. The van der Waals surface area contributed by atoms with Gasteiger partial charge in [0, 0.05) is 11.4 Å². The third kappa shape index (κ3) is 2.70. The zero-order chi connectivity index (χ0) is 9.80. The van der Waals surface area contributed by atoms with Gasteiger partial charge in [0.1, 0.15) is 5.82 Å². The van der Waals surface area contributed by atoms with Crippen LogP contribution in [0.2, 0.25) is 0 Å². The molecule has 1 aliphatic heterocycles. The minimum atomic E-state index is -0.192. The summed E-state index contributed by atoms with van der Waals surface area (Å²) >= 11 is 1.67. The molecule has 1 aliphatic rings. The van der Waals surface area contributed by atoms with E-state index in [-0.39, 0.29) is 11.2 Å². The van der Waals surface area contributed by atoms with E-state index in [2.05, 4.69) is 5.32 Å². The van der Waals surface area contributed by atoms with Gasteiger partial charge in [0.2, 0.25) is 0 Å². The fourth-order valence-corrected chi connectivity index (χ4v) is 2.28. The molecule has 2 rings (SSSR count). The maximum absolute atomic E-state index is 12.6. The minimum Gasteiger partial charge on any atom is -0.378 e. The standard InChI is InChI=1S/C10H12FNOS/c11-8-1-3-9(4-2-8)14-10-7-13-6-5-12-10/h1-4,10,12H,5-7H2. The summed E-state index contributed by atoms with van der Waals surface area (Å²) in [5.41, 5.74) is 0. The predicted molar refractivity (Wildman–Crippen MR) is 54.9 cm³/mol. The van der Waals surface area contributed by atoms with Gasteiger partial charge in [0.25, 0.3) is 0 Å². The van der Waals surface area contributed by atoms with Crippen molar-refractivity contribution in [2.75, 3.05) is 19.8 Å². The molecule has 0 spiro atoms. The Hall–Kier alpha value is -0.580. The van der Waals surface area contributed by atoms with Crippen LogP contribution in [0.15, 0.2) is 29.2 Å². The summed E-state index contributed by atoms with van der Waals surface area (Å²) in [5.74, 6) is -0.192. The Morgan fingerprint density at radius 3 is 2.79 bits per heavy atom. The number of ether oxygens (including phenoxy) is 1. The predicted octanol–water partition coefficient (Wildman–Crippen LogP) is 1.86. The molecule has 1 atom stereocenters.